The highest BCUT2D eigenvalue weighted by Crippen LogP contribution is 2.28. The second-order valence-corrected chi connectivity index (χ2v) is 7.70. The number of benzene rings is 1. The van der Waals surface area contributed by atoms with Crippen molar-refractivity contribution in [3.8, 4) is 11.5 Å². The Kier molecular flexibility index (Phi) is 7.56. The summed E-state index contributed by atoms with van der Waals surface area (Å²) < 4.78 is 10.7. The summed E-state index contributed by atoms with van der Waals surface area (Å²) in [7, 11) is 3.31. The van der Waals surface area contributed by atoms with E-state index in [-0.39, 0.29) is 5.91 Å². The second kappa shape index (κ2) is 10.3. The van der Waals surface area contributed by atoms with Crippen molar-refractivity contribution < 1.29 is 14.3 Å². The van der Waals surface area contributed by atoms with E-state index in [1.807, 2.05) is 23.6 Å². The second-order valence-electron chi connectivity index (χ2n) is 6.78. The number of carbonyl (C=O) groups is 1. The predicted molar refractivity (Wildman–Crippen MR) is 114 cm³/mol. The van der Waals surface area contributed by atoms with Crippen molar-refractivity contribution in [2.24, 2.45) is 0 Å². The molecular weight excluding hydrogens is 374 g/mol. The van der Waals surface area contributed by atoms with Crippen LogP contribution in [-0.2, 0) is 0 Å². The summed E-state index contributed by atoms with van der Waals surface area (Å²) in [5, 5.41) is 4.86. The number of para-hydroxylation sites is 2. The van der Waals surface area contributed by atoms with Crippen LogP contribution in [-0.4, -0.2) is 64.3 Å². The fourth-order valence-electron chi connectivity index (χ4n) is 3.47. The lowest BCUT2D eigenvalue weighted by Crippen LogP contribution is -2.46. The summed E-state index contributed by atoms with van der Waals surface area (Å²) in [4.78, 5) is 17.7. The number of hydrogen-bond acceptors (Lipinski definition) is 6. The molecule has 0 atom stereocenters. The van der Waals surface area contributed by atoms with Gasteiger partial charge in [-0.05, 0) is 43.0 Å². The Balaban J connectivity index is 1.33. The zero-order valence-corrected chi connectivity index (χ0v) is 17.5. The predicted octanol–water partition coefficient (Wildman–Crippen LogP) is 3.10. The Labute approximate surface area is 171 Å². The zero-order valence-electron chi connectivity index (χ0n) is 16.6. The molecule has 0 saturated carbocycles. The molecule has 0 bridgehead atoms. The van der Waals surface area contributed by atoms with Gasteiger partial charge in [0, 0.05) is 32.7 Å². The molecule has 0 spiro atoms. The first-order valence-electron chi connectivity index (χ1n) is 9.73. The SMILES string of the molecule is COc1ccccc1N1CCN(CCCCNC(=O)c2sccc2OC)CC1. The lowest BCUT2D eigenvalue weighted by molar-refractivity contribution is 0.0954. The summed E-state index contributed by atoms with van der Waals surface area (Å²) in [5.74, 6) is 1.54. The van der Waals surface area contributed by atoms with Crippen molar-refractivity contribution in [3.05, 3.63) is 40.6 Å². The van der Waals surface area contributed by atoms with Crippen LogP contribution in [0.1, 0.15) is 22.5 Å². The monoisotopic (exact) mass is 403 g/mol. The van der Waals surface area contributed by atoms with E-state index < -0.39 is 0 Å². The number of nitrogens with one attached hydrogen (secondary N) is 1. The van der Waals surface area contributed by atoms with Crippen molar-refractivity contribution in [3.63, 3.8) is 0 Å². The number of rotatable bonds is 9. The highest BCUT2D eigenvalue weighted by molar-refractivity contribution is 7.12. The lowest BCUT2D eigenvalue weighted by Gasteiger charge is -2.36. The van der Waals surface area contributed by atoms with Gasteiger partial charge in [-0.25, -0.2) is 0 Å². The maximum atomic E-state index is 12.2. The number of ether oxygens (including phenoxy) is 2. The van der Waals surface area contributed by atoms with Crippen LogP contribution in [0.5, 0.6) is 11.5 Å². The molecule has 1 amide bonds. The lowest BCUT2D eigenvalue weighted by atomic mass is 10.2. The molecule has 6 nitrogen and oxygen atoms in total. The summed E-state index contributed by atoms with van der Waals surface area (Å²) in [5.41, 5.74) is 1.18. The van der Waals surface area contributed by atoms with Crippen LogP contribution in [0.3, 0.4) is 0 Å². The van der Waals surface area contributed by atoms with Gasteiger partial charge in [0.2, 0.25) is 0 Å². The average Bonchev–Trinajstić information content (AvgIpc) is 3.23. The summed E-state index contributed by atoms with van der Waals surface area (Å²) in [6.45, 7) is 5.89. The van der Waals surface area contributed by atoms with E-state index in [0.717, 1.165) is 51.3 Å². The maximum Gasteiger partial charge on any atom is 0.265 e. The highest BCUT2D eigenvalue weighted by Gasteiger charge is 2.19. The molecule has 0 aliphatic carbocycles. The van der Waals surface area contributed by atoms with Crippen LogP contribution in [0.2, 0.25) is 0 Å². The fourth-order valence-corrected chi connectivity index (χ4v) is 4.24. The molecule has 0 radical (unpaired) electrons. The fraction of sp³-hybridized carbons (Fsp3) is 0.476. The molecule has 7 heteroatoms. The summed E-state index contributed by atoms with van der Waals surface area (Å²) >= 11 is 1.41. The van der Waals surface area contributed by atoms with Crippen molar-refractivity contribution in [2.45, 2.75) is 12.8 Å². The van der Waals surface area contributed by atoms with Crippen molar-refractivity contribution in [2.75, 3.05) is 58.4 Å². The Bertz CT molecular complexity index is 757. The molecule has 1 aromatic carbocycles. The van der Waals surface area contributed by atoms with Gasteiger partial charge in [0.15, 0.2) is 0 Å². The van der Waals surface area contributed by atoms with Crippen LogP contribution in [0.15, 0.2) is 35.7 Å². The minimum Gasteiger partial charge on any atom is -0.495 e. The Hall–Kier alpha value is -2.25. The molecule has 152 valence electrons. The summed E-state index contributed by atoms with van der Waals surface area (Å²) in [6.07, 6.45) is 2.06. The van der Waals surface area contributed by atoms with Crippen molar-refractivity contribution in [1.82, 2.24) is 10.2 Å². The van der Waals surface area contributed by atoms with Crippen LogP contribution in [0.25, 0.3) is 0 Å². The van der Waals surface area contributed by atoms with E-state index in [4.69, 9.17) is 9.47 Å². The Morgan fingerprint density at radius 2 is 1.79 bits per heavy atom. The van der Waals surface area contributed by atoms with E-state index in [1.54, 1.807) is 14.2 Å². The normalized spacial score (nSPS) is 14.7. The van der Waals surface area contributed by atoms with Gasteiger partial charge in [0.25, 0.3) is 5.91 Å². The third-order valence-electron chi connectivity index (χ3n) is 5.04. The topological polar surface area (TPSA) is 54.0 Å². The summed E-state index contributed by atoms with van der Waals surface area (Å²) in [6, 6.07) is 10.0. The van der Waals surface area contributed by atoms with Gasteiger partial charge >= 0.3 is 0 Å². The molecule has 2 aromatic rings. The van der Waals surface area contributed by atoms with Gasteiger partial charge in [-0.1, -0.05) is 12.1 Å². The number of hydrogen-bond donors (Lipinski definition) is 1. The van der Waals surface area contributed by atoms with E-state index in [2.05, 4.69) is 27.2 Å². The standard InChI is InChI=1S/C21H29N3O3S/c1-26-18-8-4-3-7-17(18)24-14-12-23(13-15-24)11-6-5-10-22-21(25)20-19(27-2)9-16-28-20/h3-4,7-9,16H,5-6,10-15H2,1-2H3,(H,22,25). The largest absolute Gasteiger partial charge is 0.495 e. The zero-order chi connectivity index (χ0) is 19.8. The Morgan fingerprint density at radius 1 is 1.04 bits per heavy atom. The van der Waals surface area contributed by atoms with Gasteiger partial charge in [-0.2, -0.15) is 0 Å². The van der Waals surface area contributed by atoms with E-state index >= 15 is 0 Å². The van der Waals surface area contributed by atoms with Crippen LogP contribution >= 0.6 is 11.3 Å². The van der Waals surface area contributed by atoms with Crippen LogP contribution in [0, 0.1) is 0 Å². The smallest absolute Gasteiger partial charge is 0.265 e. The minimum atomic E-state index is -0.0442. The number of unbranched alkanes of at least 4 members (excludes halogenated alkanes) is 1. The Morgan fingerprint density at radius 3 is 2.54 bits per heavy atom. The molecule has 1 fully saturated rings. The molecular formula is C21H29N3O3S. The molecule has 1 aromatic heterocycles. The third kappa shape index (κ3) is 5.17. The first kappa shape index (κ1) is 20.5. The number of methoxy groups -OCH3 is 2. The van der Waals surface area contributed by atoms with E-state index in [1.165, 1.54) is 17.0 Å². The first-order valence-corrected chi connectivity index (χ1v) is 10.6. The van der Waals surface area contributed by atoms with Gasteiger partial charge in [-0.15, -0.1) is 11.3 Å². The van der Waals surface area contributed by atoms with Crippen molar-refractivity contribution in [1.29, 1.82) is 0 Å². The molecule has 1 N–H and O–H groups in total. The molecule has 2 heterocycles. The third-order valence-corrected chi connectivity index (χ3v) is 5.93. The molecule has 28 heavy (non-hydrogen) atoms. The number of thiophene rings is 1. The van der Waals surface area contributed by atoms with Crippen molar-refractivity contribution >= 4 is 22.9 Å². The molecule has 3 rings (SSSR count). The van der Waals surface area contributed by atoms with Gasteiger partial charge < -0.3 is 19.7 Å². The highest BCUT2D eigenvalue weighted by atomic mass is 32.1. The van der Waals surface area contributed by atoms with Gasteiger partial charge in [0.05, 0.1) is 19.9 Å². The van der Waals surface area contributed by atoms with Gasteiger partial charge in [-0.3, -0.25) is 9.69 Å². The number of piperazine rings is 1. The molecule has 1 aliphatic rings. The number of nitrogens with zero attached hydrogens (tertiary/aromatic N) is 2. The van der Waals surface area contributed by atoms with Crippen LogP contribution in [0.4, 0.5) is 5.69 Å². The van der Waals surface area contributed by atoms with E-state index in [9.17, 15) is 4.79 Å². The number of anilines is 1. The number of carbonyl (C=O) groups excluding carboxylic acids is 1. The number of amides is 1. The molecule has 1 aliphatic heterocycles. The molecule has 1 saturated heterocycles. The maximum absolute atomic E-state index is 12.2. The van der Waals surface area contributed by atoms with Crippen LogP contribution < -0.4 is 19.7 Å². The minimum absolute atomic E-state index is 0.0442. The van der Waals surface area contributed by atoms with E-state index in [0.29, 0.717) is 17.2 Å². The average molecular weight is 404 g/mol. The molecule has 0 unspecified atom stereocenters. The first-order chi connectivity index (χ1) is 13.7. The quantitative estimate of drug-likeness (QED) is 0.652. The van der Waals surface area contributed by atoms with Gasteiger partial charge in [0.1, 0.15) is 16.4 Å².